The van der Waals surface area contributed by atoms with E-state index in [0.29, 0.717) is 5.69 Å². The molecule has 1 amide bonds. The normalized spacial score (nSPS) is 22.6. The first kappa shape index (κ1) is 14.4. The molecule has 1 N–H and O–H groups in total. The van der Waals surface area contributed by atoms with Gasteiger partial charge in [0.15, 0.2) is 0 Å². The molecule has 1 aliphatic carbocycles. The lowest BCUT2D eigenvalue weighted by Crippen LogP contribution is -2.17. The minimum absolute atomic E-state index is 0.234. The monoisotopic (exact) mass is 323 g/mol. The SMILES string of the molecule is O=C(Nc1ccc(F)cc1)[C@@H]1[C@H](c2ccccc2)C1(Cl)Cl. The highest BCUT2D eigenvalue weighted by Crippen LogP contribution is 2.65. The first-order valence-electron chi connectivity index (χ1n) is 6.49. The molecule has 1 saturated carbocycles. The maximum Gasteiger partial charge on any atom is 0.231 e. The molecular formula is C16H12Cl2FNO. The van der Waals surface area contributed by atoms with Crippen molar-refractivity contribution in [2.24, 2.45) is 5.92 Å². The molecule has 2 atom stereocenters. The minimum atomic E-state index is -1.11. The van der Waals surface area contributed by atoms with Crippen molar-refractivity contribution in [2.45, 2.75) is 10.3 Å². The molecule has 0 bridgehead atoms. The second kappa shape index (κ2) is 5.32. The Balaban J connectivity index is 1.75. The molecule has 5 heteroatoms. The van der Waals surface area contributed by atoms with E-state index in [-0.39, 0.29) is 17.6 Å². The molecule has 2 nitrogen and oxygen atoms in total. The maximum atomic E-state index is 12.8. The Labute approximate surface area is 131 Å². The molecule has 3 rings (SSSR count). The molecule has 0 spiro atoms. The zero-order valence-corrected chi connectivity index (χ0v) is 12.4. The van der Waals surface area contributed by atoms with Gasteiger partial charge in [0.2, 0.25) is 5.91 Å². The fraction of sp³-hybridized carbons (Fsp3) is 0.188. The van der Waals surface area contributed by atoms with Crippen LogP contribution < -0.4 is 5.32 Å². The number of anilines is 1. The topological polar surface area (TPSA) is 29.1 Å². The van der Waals surface area contributed by atoms with Crippen molar-refractivity contribution in [3.05, 3.63) is 66.0 Å². The Morgan fingerprint density at radius 3 is 2.29 bits per heavy atom. The molecule has 1 aliphatic rings. The Bertz CT molecular complexity index is 658. The van der Waals surface area contributed by atoms with Gasteiger partial charge in [-0.15, -0.1) is 23.2 Å². The molecule has 0 radical (unpaired) electrons. The van der Waals surface area contributed by atoms with Crippen LogP contribution in [0.1, 0.15) is 11.5 Å². The van der Waals surface area contributed by atoms with Crippen LogP contribution in [0.5, 0.6) is 0 Å². The van der Waals surface area contributed by atoms with Gasteiger partial charge in [0.05, 0.1) is 5.92 Å². The van der Waals surface area contributed by atoms with E-state index in [1.165, 1.54) is 24.3 Å². The second-order valence-corrected chi connectivity index (χ2v) is 6.48. The highest BCUT2D eigenvalue weighted by molar-refractivity contribution is 6.53. The average Bonchev–Trinajstić information content (AvgIpc) is 3.05. The van der Waals surface area contributed by atoms with Gasteiger partial charge in [-0.2, -0.15) is 0 Å². The highest BCUT2D eigenvalue weighted by atomic mass is 35.5. The van der Waals surface area contributed by atoms with Gasteiger partial charge in [0.1, 0.15) is 10.2 Å². The number of carbonyl (C=O) groups is 1. The lowest BCUT2D eigenvalue weighted by atomic mass is 10.1. The number of carbonyl (C=O) groups excluding carboxylic acids is 1. The van der Waals surface area contributed by atoms with Crippen molar-refractivity contribution in [3.63, 3.8) is 0 Å². The molecule has 108 valence electrons. The summed E-state index contributed by atoms with van der Waals surface area (Å²) in [6, 6.07) is 15.0. The Morgan fingerprint density at radius 2 is 1.67 bits per heavy atom. The van der Waals surface area contributed by atoms with E-state index in [1.54, 1.807) is 0 Å². The fourth-order valence-electron chi connectivity index (χ4n) is 2.48. The Morgan fingerprint density at radius 1 is 1.05 bits per heavy atom. The summed E-state index contributed by atoms with van der Waals surface area (Å²) in [5.41, 5.74) is 1.45. The molecule has 21 heavy (non-hydrogen) atoms. The number of amides is 1. The van der Waals surface area contributed by atoms with Gasteiger partial charge in [0, 0.05) is 11.6 Å². The summed E-state index contributed by atoms with van der Waals surface area (Å²) in [5, 5.41) is 2.71. The van der Waals surface area contributed by atoms with Gasteiger partial charge in [-0.05, 0) is 29.8 Å². The largest absolute Gasteiger partial charge is 0.326 e. The number of halogens is 3. The van der Waals surface area contributed by atoms with Crippen LogP contribution in [0.4, 0.5) is 10.1 Å². The fourth-order valence-corrected chi connectivity index (χ4v) is 3.31. The van der Waals surface area contributed by atoms with E-state index in [1.807, 2.05) is 30.3 Å². The van der Waals surface area contributed by atoms with Gasteiger partial charge in [0.25, 0.3) is 0 Å². The summed E-state index contributed by atoms with van der Waals surface area (Å²) in [7, 11) is 0. The lowest BCUT2D eigenvalue weighted by Gasteiger charge is -2.04. The third-order valence-electron chi connectivity index (χ3n) is 3.61. The number of hydrogen-bond donors (Lipinski definition) is 1. The van der Waals surface area contributed by atoms with Gasteiger partial charge in [-0.3, -0.25) is 4.79 Å². The summed E-state index contributed by atoms with van der Waals surface area (Å²) in [6.07, 6.45) is 0. The maximum absolute atomic E-state index is 12.8. The van der Waals surface area contributed by atoms with E-state index in [4.69, 9.17) is 23.2 Å². The standard InChI is InChI=1S/C16H12Cl2FNO/c17-16(18)13(10-4-2-1-3-5-10)14(16)15(21)20-12-8-6-11(19)7-9-12/h1-9,13-14H,(H,20,21)/t13-,14-/m0/s1. The van der Waals surface area contributed by atoms with E-state index in [0.717, 1.165) is 5.56 Å². The van der Waals surface area contributed by atoms with E-state index < -0.39 is 10.3 Å². The molecule has 0 saturated heterocycles. The zero-order valence-electron chi connectivity index (χ0n) is 10.9. The molecule has 2 aromatic rings. The van der Waals surface area contributed by atoms with Crippen LogP contribution in [0.2, 0.25) is 0 Å². The molecular weight excluding hydrogens is 312 g/mol. The number of nitrogens with one attached hydrogen (secondary N) is 1. The second-order valence-electron chi connectivity index (χ2n) is 5.04. The van der Waals surface area contributed by atoms with E-state index >= 15 is 0 Å². The molecule has 0 aromatic heterocycles. The third kappa shape index (κ3) is 2.76. The van der Waals surface area contributed by atoms with Crippen LogP contribution in [-0.4, -0.2) is 10.2 Å². The predicted molar refractivity (Wildman–Crippen MR) is 82.1 cm³/mol. The first-order chi connectivity index (χ1) is 10.00. The quantitative estimate of drug-likeness (QED) is 0.836. The first-order valence-corrected chi connectivity index (χ1v) is 7.25. The van der Waals surface area contributed by atoms with Crippen LogP contribution in [-0.2, 0) is 4.79 Å². The zero-order chi connectivity index (χ0) is 15.0. The molecule has 2 aromatic carbocycles. The summed E-state index contributed by atoms with van der Waals surface area (Å²) < 4.78 is 11.7. The van der Waals surface area contributed by atoms with Crippen molar-refractivity contribution in [3.8, 4) is 0 Å². The van der Waals surface area contributed by atoms with E-state index in [2.05, 4.69) is 5.32 Å². The molecule has 0 unspecified atom stereocenters. The number of alkyl halides is 2. The van der Waals surface area contributed by atoms with Crippen molar-refractivity contribution in [2.75, 3.05) is 5.32 Å². The summed E-state index contributed by atoms with van der Waals surface area (Å²) >= 11 is 12.5. The summed E-state index contributed by atoms with van der Waals surface area (Å²) in [5.74, 6) is -1.37. The lowest BCUT2D eigenvalue weighted by molar-refractivity contribution is -0.117. The van der Waals surface area contributed by atoms with Crippen molar-refractivity contribution in [1.82, 2.24) is 0 Å². The van der Waals surface area contributed by atoms with Crippen LogP contribution in [0.15, 0.2) is 54.6 Å². The van der Waals surface area contributed by atoms with Crippen LogP contribution in [0.3, 0.4) is 0 Å². The van der Waals surface area contributed by atoms with Crippen LogP contribution in [0, 0.1) is 11.7 Å². The number of hydrogen-bond acceptors (Lipinski definition) is 1. The average molecular weight is 324 g/mol. The van der Waals surface area contributed by atoms with Gasteiger partial charge in [-0.1, -0.05) is 30.3 Å². The molecule has 0 aliphatic heterocycles. The van der Waals surface area contributed by atoms with E-state index in [9.17, 15) is 9.18 Å². The molecule has 1 fully saturated rings. The van der Waals surface area contributed by atoms with Crippen molar-refractivity contribution < 1.29 is 9.18 Å². The van der Waals surface area contributed by atoms with Gasteiger partial charge >= 0.3 is 0 Å². The number of benzene rings is 2. The van der Waals surface area contributed by atoms with Crippen LogP contribution in [0.25, 0.3) is 0 Å². The van der Waals surface area contributed by atoms with Crippen molar-refractivity contribution in [1.29, 1.82) is 0 Å². The number of rotatable bonds is 3. The Hall–Kier alpha value is -1.58. The van der Waals surface area contributed by atoms with Crippen molar-refractivity contribution >= 4 is 34.8 Å². The van der Waals surface area contributed by atoms with Crippen LogP contribution >= 0.6 is 23.2 Å². The predicted octanol–water partition coefficient (Wildman–Crippen LogP) is 4.35. The smallest absolute Gasteiger partial charge is 0.231 e. The Kier molecular flexibility index (Phi) is 3.64. The third-order valence-corrected chi connectivity index (χ3v) is 4.55. The minimum Gasteiger partial charge on any atom is -0.326 e. The molecule has 0 heterocycles. The van der Waals surface area contributed by atoms with Gasteiger partial charge < -0.3 is 5.32 Å². The highest BCUT2D eigenvalue weighted by Gasteiger charge is 2.67. The summed E-state index contributed by atoms with van der Waals surface area (Å²) in [6.45, 7) is 0. The summed E-state index contributed by atoms with van der Waals surface area (Å²) in [4.78, 5) is 12.3. The van der Waals surface area contributed by atoms with Gasteiger partial charge in [-0.25, -0.2) is 4.39 Å².